The van der Waals surface area contributed by atoms with E-state index in [1.807, 2.05) is 78.9 Å². The number of carbonyl (C=O) groups excluding carboxylic acids is 2. The van der Waals surface area contributed by atoms with Crippen LogP contribution in [0.3, 0.4) is 0 Å². The number of carbonyl (C=O) groups is 2. The Bertz CT molecular complexity index is 1200. The molecule has 0 fully saturated rings. The Kier molecular flexibility index (Phi) is 6.78. The van der Waals surface area contributed by atoms with E-state index >= 15 is 0 Å². The molecule has 32 heavy (non-hydrogen) atoms. The standard InChI is InChI=1S/C27H23NO3S/c1-2-31-27(30)23-22(18-19-12-6-3-7-13-19)24(20-14-8-4-9-15-20)32-26(23)28-25(29)21-16-10-5-11-17-21/h3-17H,2,18H2,1H3,(H,28,29). The minimum atomic E-state index is -0.430. The van der Waals surface area contributed by atoms with Crippen molar-refractivity contribution in [3.8, 4) is 10.4 Å². The maximum Gasteiger partial charge on any atom is 0.341 e. The summed E-state index contributed by atoms with van der Waals surface area (Å²) in [5, 5.41) is 3.46. The average molecular weight is 442 g/mol. The predicted molar refractivity (Wildman–Crippen MR) is 129 cm³/mol. The van der Waals surface area contributed by atoms with Crippen molar-refractivity contribution in [3.05, 3.63) is 113 Å². The Morgan fingerprint density at radius 3 is 2.06 bits per heavy atom. The molecule has 0 saturated carbocycles. The SMILES string of the molecule is CCOC(=O)c1c(NC(=O)c2ccccc2)sc(-c2ccccc2)c1Cc1ccccc1. The van der Waals surface area contributed by atoms with Crippen LogP contribution in [0.4, 0.5) is 5.00 Å². The Hall–Kier alpha value is -3.70. The molecule has 1 amide bonds. The minimum Gasteiger partial charge on any atom is -0.462 e. The molecule has 1 heterocycles. The number of hydrogen-bond acceptors (Lipinski definition) is 4. The van der Waals surface area contributed by atoms with E-state index in [1.165, 1.54) is 11.3 Å². The molecule has 0 spiro atoms. The molecular formula is C27H23NO3S. The van der Waals surface area contributed by atoms with Gasteiger partial charge in [-0.3, -0.25) is 4.79 Å². The number of nitrogens with one attached hydrogen (secondary N) is 1. The van der Waals surface area contributed by atoms with E-state index < -0.39 is 5.97 Å². The van der Waals surface area contributed by atoms with E-state index in [0.29, 0.717) is 22.5 Å². The first-order chi connectivity index (χ1) is 15.7. The molecule has 0 bridgehead atoms. The van der Waals surface area contributed by atoms with Gasteiger partial charge < -0.3 is 10.1 Å². The summed E-state index contributed by atoms with van der Waals surface area (Å²) in [5.74, 6) is -0.691. The van der Waals surface area contributed by atoms with Crippen molar-refractivity contribution in [2.45, 2.75) is 13.3 Å². The number of anilines is 1. The fraction of sp³-hybridized carbons (Fsp3) is 0.111. The first-order valence-electron chi connectivity index (χ1n) is 10.5. The quantitative estimate of drug-likeness (QED) is 0.336. The molecule has 1 N–H and O–H groups in total. The van der Waals surface area contributed by atoms with Crippen molar-refractivity contribution in [1.82, 2.24) is 0 Å². The lowest BCUT2D eigenvalue weighted by atomic mass is 9.98. The van der Waals surface area contributed by atoms with Crippen LogP contribution in [0.5, 0.6) is 0 Å². The summed E-state index contributed by atoms with van der Waals surface area (Å²) >= 11 is 1.40. The molecule has 0 atom stereocenters. The molecule has 4 nitrogen and oxygen atoms in total. The second-order valence-corrected chi connectivity index (χ2v) is 8.20. The van der Waals surface area contributed by atoms with E-state index in [2.05, 4.69) is 5.32 Å². The summed E-state index contributed by atoms with van der Waals surface area (Å²) < 4.78 is 5.40. The zero-order chi connectivity index (χ0) is 22.3. The van der Waals surface area contributed by atoms with Crippen molar-refractivity contribution >= 4 is 28.2 Å². The number of hydrogen-bond donors (Lipinski definition) is 1. The highest BCUT2D eigenvalue weighted by Gasteiger charge is 2.27. The molecule has 0 saturated heterocycles. The summed E-state index contributed by atoms with van der Waals surface area (Å²) in [4.78, 5) is 26.9. The predicted octanol–water partition coefficient (Wildman–Crippen LogP) is 6.43. The number of esters is 1. The Morgan fingerprint density at radius 1 is 0.844 bits per heavy atom. The highest BCUT2D eigenvalue weighted by atomic mass is 32.1. The molecule has 0 aliphatic rings. The van der Waals surface area contributed by atoms with Crippen molar-refractivity contribution in [2.75, 3.05) is 11.9 Å². The van der Waals surface area contributed by atoms with E-state index in [9.17, 15) is 9.59 Å². The minimum absolute atomic E-state index is 0.256. The number of benzene rings is 3. The van der Waals surface area contributed by atoms with Gasteiger partial charge in [0.1, 0.15) is 5.00 Å². The Morgan fingerprint density at radius 2 is 1.44 bits per heavy atom. The van der Waals surface area contributed by atoms with E-state index in [1.54, 1.807) is 19.1 Å². The fourth-order valence-corrected chi connectivity index (χ4v) is 4.74. The molecule has 0 aliphatic carbocycles. The van der Waals surface area contributed by atoms with Crippen molar-refractivity contribution in [1.29, 1.82) is 0 Å². The summed E-state index contributed by atoms with van der Waals surface area (Å²) in [6.45, 7) is 2.04. The van der Waals surface area contributed by atoms with Crippen molar-refractivity contribution in [2.24, 2.45) is 0 Å². The second-order valence-electron chi connectivity index (χ2n) is 7.18. The zero-order valence-electron chi connectivity index (χ0n) is 17.7. The van der Waals surface area contributed by atoms with Gasteiger partial charge in [0.25, 0.3) is 5.91 Å². The molecule has 0 unspecified atom stereocenters. The van der Waals surface area contributed by atoms with Crippen LogP contribution in [0.25, 0.3) is 10.4 Å². The van der Waals surface area contributed by atoms with Gasteiger partial charge in [-0.25, -0.2) is 4.79 Å². The highest BCUT2D eigenvalue weighted by molar-refractivity contribution is 7.20. The van der Waals surface area contributed by atoms with Gasteiger partial charge in [0.2, 0.25) is 0 Å². The van der Waals surface area contributed by atoms with Gasteiger partial charge in [0.15, 0.2) is 0 Å². The third-order valence-corrected chi connectivity index (χ3v) is 6.21. The maximum absolute atomic E-state index is 13.1. The molecule has 1 aromatic heterocycles. The van der Waals surface area contributed by atoms with Crippen LogP contribution in [-0.2, 0) is 11.2 Å². The fourth-order valence-electron chi connectivity index (χ4n) is 3.53. The van der Waals surface area contributed by atoms with E-state index in [0.717, 1.165) is 21.6 Å². The largest absolute Gasteiger partial charge is 0.462 e. The maximum atomic E-state index is 13.1. The summed E-state index contributed by atoms with van der Waals surface area (Å²) in [7, 11) is 0. The molecule has 4 rings (SSSR count). The molecule has 4 aromatic rings. The summed E-state index contributed by atoms with van der Waals surface area (Å²) in [6, 6.07) is 28.9. The normalized spacial score (nSPS) is 10.5. The monoisotopic (exact) mass is 441 g/mol. The van der Waals surface area contributed by atoms with E-state index in [-0.39, 0.29) is 12.5 Å². The average Bonchev–Trinajstić information content (AvgIpc) is 3.18. The lowest BCUT2D eigenvalue weighted by molar-refractivity contribution is 0.0527. The molecule has 0 aliphatic heterocycles. The van der Waals surface area contributed by atoms with E-state index in [4.69, 9.17) is 4.74 Å². The lowest BCUT2D eigenvalue weighted by Gasteiger charge is -2.10. The second kappa shape index (κ2) is 10.1. The molecule has 160 valence electrons. The van der Waals surface area contributed by atoms with Crippen LogP contribution < -0.4 is 5.32 Å². The summed E-state index contributed by atoms with van der Waals surface area (Å²) in [6.07, 6.45) is 0.553. The number of rotatable bonds is 7. The lowest BCUT2D eigenvalue weighted by Crippen LogP contribution is -2.15. The zero-order valence-corrected chi connectivity index (χ0v) is 18.5. The third-order valence-electron chi connectivity index (χ3n) is 5.01. The summed E-state index contributed by atoms with van der Waals surface area (Å²) in [5.41, 5.74) is 3.88. The van der Waals surface area contributed by atoms with Gasteiger partial charge in [-0.15, -0.1) is 11.3 Å². The van der Waals surface area contributed by atoms with Crippen LogP contribution in [0.2, 0.25) is 0 Å². The van der Waals surface area contributed by atoms with Gasteiger partial charge in [-0.1, -0.05) is 78.9 Å². The topological polar surface area (TPSA) is 55.4 Å². The molecule has 5 heteroatoms. The molecular weight excluding hydrogens is 418 g/mol. The number of amides is 1. The van der Waals surface area contributed by atoms with Crippen LogP contribution in [0, 0.1) is 0 Å². The first-order valence-corrected chi connectivity index (χ1v) is 11.3. The molecule has 3 aromatic carbocycles. The van der Waals surface area contributed by atoms with Gasteiger partial charge in [-0.2, -0.15) is 0 Å². The number of ether oxygens (including phenoxy) is 1. The molecule has 0 radical (unpaired) electrons. The third kappa shape index (κ3) is 4.79. The smallest absolute Gasteiger partial charge is 0.341 e. The van der Waals surface area contributed by atoms with Crippen LogP contribution in [0.1, 0.15) is 38.8 Å². The van der Waals surface area contributed by atoms with Crippen molar-refractivity contribution in [3.63, 3.8) is 0 Å². The van der Waals surface area contributed by atoms with Crippen LogP contribution >= 0.6 is 11.3 Å². The van der Waals surface area contributed by atoms with Crippen molar-refractivity contribution < 1.29 is 14.3 Å². The number of thiophene rings is 1. The van der Waals surface area contributed by atoms with Crippen LogP contribution in [0.15, 0.2) is 91.0 Å². The van der Waals surface area contributed by atoms with Crippen LogP contribution in [-0.4, -0.2) is 18.5 Å². The van der Waals surface area contributed by atoms with Gasteiger partial charge in [0, 0.05) is 10.4 Å². The van der Waals surface area contributed by atoms with Gasteiger partial charge in [-0.05, 0) is 42.2 Å². The first kappa shape index (κ1) is 21.5. The van der Waals surface area contributed by atoms with Gasteiger partial charge >= 0.3 is 5.97 Å². The Labute approximate surface area is 191 Å². The Balaban J connectivity index is 1.84. The highest BCUT2D eigenvalue weighted by Crippen LogP contribution is 2.42. The van der Waals surface area contributed by atoms with Gasteiger partial charge in [0.05, 0.1) is 12.2 Å².